The van der Waals surface area contributed by atoms with Gasteiger partial charge in [-0.05, 0) is 31.6 Å². The van der Waals surface area contributed by atoms with E-state index < -0.39 is 0 Å². The molecule has 0 aromatic carbocycles. The maximum atomic E-state index is 12.0. The van der Waals surface area contributed by atoms with Crippen molar-refractivity contribution in [1.29, 1.82) is 0 Å². The van der Waals surface area contributed by atoms with E-state index in [9.17, 15) is 4.79 Å². The Morgan fingerprint density at radius 3 is 2.06 bits per heavy atom. The number of esters is 1. The van der Waals surface area contributed by atoms with Crippen LogP contribution >= 0.6 is 0 Å². The second kappa shape index (κ2) is 2.65. The van der Waals surface area contributed by atoms with E-state index in [-0.39, 0.29) is 22.4 Å². The number of ether oxygens (including phenoxy) is 1. The maximum absolute atomic E-state index is 12.0. The molecule has 1 heterocycles. The van der Waals surface area contributed by atoms with Crippen LogP contribution in [0.5, 0.6) is 0 Å². The largest absolute Gasteiger partial charge is 0.457 e. The standard InChI is InChI=1S/C14H22O2/c1-12(2,3)13(4)14(11(15)16-13)9-7-5-6-8-10(9)14/h9-10H,5-8H2,1-4H3/t9-,10+,13?,14?. The molecule has 4 atom stereocenters. The normalized spacial score (nSPS) is 50.6. The van der Waals surface area contributed by atoms with Crippen LogP contribution in [0.25, 0.3) is 0 Å². The van der Waals surface area contributed by atoms with Gasteiger partial charge in [-0.15, -0.1) is 0 Å². The van der Waals surface area contributed by atoms with Gasteiger partial charge in [0.15, 0.2) is 0 Å². The minimum absolute atomic E-state index is 0.0538. The van der Waals surface area contributed by atoms with Gasteiger partial charge in [0.05, 0.1) is 0 Å². The highest BCUT2D eigenvalue weighted by Crippen LogP contribution is 2.78. The fraction of sp³-hybridized carbons (Fsp3) is 0.929. The third-order valence-corrected chi connectivity index (χ3v) is 5.68. The summed E-state index contributed by atoms with van der Waals surface area (Å²) in [6.45, 7) is 8.76. The van der Waals surface area contributed by atoms with Crippen molar-refractivity contribution < 1.29 is 9.53 Å². The summed E-state index contributed by atoms with van der Waals surface area (Å²) < 4.78 is 5.62. The second-order valence-corrected chi connectivity index (χ2v) is 7.04. The quantitative estimate of drug-likeness (QED) is 0.588. The third kappa shape index (κ3) is 0.856. The number of cyclic esters (lactones) is 1. The molecule has 16 heavy (non-hydrogen) atoms. The van der Waals surface area contributed by atoms with Crippen LogP contribution in [0.15, 0.2) is 0 Å². The van der Waals surface area contributed by atoms with Crippen molar-refractivity contribution in [3.8, 4) is 0 Å². The Hall–Kier alpha value is -0.530. The summed E-state index contributed by atoms with van der Waals surface area (Å²) in [6.07, 6.45) is 5.09. The number of carbonyl (C=O) groups is 1. The molecular formula is C14H22O2. The number of rotatable bonds is 0. The van der Waals surface area contributed by atoms with E-state index in [1.54, 1.807) is 0 Å². The fourth-order valence-corrected chi connectivity index (χ4v) is 4.41. The van der Waals surface area contributed by atoms with E-state index in [2.05, 4.69) is 27.7 Å². The maximum Gasteiger partial charge on any atom is 0.317 e. The van der Waals surface area contributed by atoms with Crippen molar-refractivity contribution in [2.45, 2.75) is 59.0 Å². The van der Waals surface area contributed by atoms with Crippen molar-refractivity contribution in [3.05, 3.63) is 0 Å². The Labute approximate surface area is 97.7 Å². The average Bonchev–Trinajstić information content (AvgIpc) is 2.88. The number of hydrogen-bond donors (Lipinski definition) is 0. The Kier molecular flexibility index (Phi) is 1.76. The molecule has 0 aromatic heterocycles. The summed E-state index contributed by atoms with van der Waals surface area (Å²) in [4.78, 5) is 12.0. The van der Waals surface area contributed by atoms with Crippen LogP contribution in [0.1, 0.15) is 53.4 Å². The predicted octanol–water partition coefficient (Wildman–Crippen LogP) is 3.15. The lowest BCUT2D eigenvalue weighted by atomic mass is 9.62. The highest BCUT2D eigenvalue weighted by atomic mass is 16.6. The van der Waals surface area contributed by atoms with Gasteiger partial charge in [-0.3, -0.25) is 4.79 Å². The second-order valence-electron chi connectivity index (χ2n) is 7.04. The van der Waals surface area contributed by atoms with Crippen LogP contribution in [-0.2, 0) is 9.53 Å². The van der Waals surface area contributed by atoms with Gasteiger partial charge in [-0.1, -0.05) is 33.6 Å². The first kappa shape index (κ1) is 10.6. The lowest BCUT2D eigenvalue weighted by Crippen LogP contribution is -2.66. The minimum Gasteiger partial charge on any atom is -0.457 e. The van der Waals surface area contributed by atoms with Crippen LogP contribution < -0.4 is 0 Å². The van der Waals surface area contributed by atoms with Crippen molar-refractivity contribution in [3.63, 3.8) is 0 Å². The highest BCUT2D eigenvalue weighted by molar-refractivity contribution is 5.90. The Bertz CT molecular complexity index is 340. The Balaban J connectivity index is 1.98. The molecule has 0 N–H and O–H groups in total. The molecule has 2 heteroatoms. The first-order valence-corrected chi connectivity index (χ1v) is 6.59. The van der Waals surface area contributed by atoms with Crippen molar-refractivity contribution in [1.82, 2.24) is 0 Å². The van der Waals surface area contributed by atoms with Crippen LogP contribution in [-0.4, -0.2) is 11.6 Å². The van der Waals surface area contributed by atoms with Gasteiger partial charge >= 0.3 is 5.97 Å². The van der Waals surface area contributed by atoms with Gasteiger partial charge in [-0.25, -0.2) is 0 Å². The molecule has 0 aromatic rings. The van der Waals surface area contributed by atoms with E-state index in [4.69, 9.17) is 4.74 Å². The number of hydrogen-bond acceptors (Lipinski definition) is 2. The molecule has 2 saturated carbocycles. The van der Waals surface area contributed by atoms with E-state index in [1.165, 1.54) is 25.7 Å². The topological polar surface area (TPSA) is 26.3 Å². The fourth-order valence-electron chi connectivity index (χ4n) is 4.41. The van der Waals surface area contributed by atoms with Crippen LogP contribution in [0.3, 0.4) is 0 Å². The molecule has 0 radical (unpaired) electrons. The molecule has 3 fully saturated rings. The molecule has 2 unspecified atom stereocenters. The zero-order chi connectivity index (χ0) is 11.8. The molecule has 0 bridgehead atoms. The monoisotopic (exact) mass is 222 g/mol. The van der Waals surface area contributed by atoms with Crippen molar-refractivity contribution >= 4 is 5.97 Å². The predicted molar refractivity (Wildman–Crippen MR) is 61.8 cm³/mol. The zero-order valence-electron chi connectivity index (χ0n) is 10.8. The lowest BCUT2D eigenvalue weighted by Gasteiger charge is -2.55. The summed E-state index contributed by atoms with van der Waals surface area (Å²) >= 11 is 0. The average molecular weight is 222 g/mol. The van der Waals surface area contributed by atoms with Gasteiger partial charge in [-0.2, -0.15) is 0 Å². The molecule has 2 aliphatic carbocycles. The van der Waals surface area contributed by atoms with Gasteiger partial charge < -0.3 is 4.74 Å². The Morgan fingerprint density at radius 2 is 1.69 bits per heavy atom. The lowest BCUT2D eigenvalue weighted by molar-refractivity contribution is -0.247. The molecule has 3 aliphatic rings. The summed E-state index contributed by atoms with van der Waals surface area (Å²) in [5.41, 5.74) is -0.267. The van der Waals surface area contributed by atoms with E-state index >= 15 is 0 Å². The molecule has 3 rings (SSSR count). The first-order chi connectivity index (χ1) is 7.36. The third-order valence-electron chi connectivity index (χ3n) is 5.68. The summed E-state index contributed by atoms with van der Waals surface area (Å²) in [7, 11) is 0. The Morgan fingerprint density at radius 1 is 1.19 bits per heavy atom. The van der Waals surface area contributed by atoms with Crippen molar-refractivity contribution in [2.75, 3.05) is 0 Å². The van der Waals surface area contributed by atoms with E-state index in [0.717, 1.165) is 0 Å². The van der Waals surface area contributed by atoms with E-state index in [1.807, 2.05) is 0 Å². The van der Waals surface area contributed by atoms with Crippen LogP contribution in [0, 0.1) is 22.7 Å². The molecular weight excluding hydrogens is 200 g/mol. The summed E-state index contributed by atoms with van der Waals surface area (Å²) in [5, 5.41) is 0. The van der Waals surface area contributed by atoms with Crippen LogP contribution in [0.4, 0.5) is 0 Å². The summed E-state index contributed by atoms with van der Waals surface area (Å²) in [5.74, 6) is 1.36. The van der Waals surface area contributed by atoms with Gasteiger partial charge in [0.25, 0.3) is 0 Å². The number of fused-ring (bicyclic) bond motifs is 3. The smallest absolute Gasteiger partial charge is 0.317 e. The molecule has 90 valence electrons. The van der Waals surface area contributed by atoms with Gasteiger partial charge in [0.2, 0.25) is 0 Å². The molecule has 0 amide bonds. The minimum atomic E-state index is -0.225. The molecule has 1 saturated heterocycles. The summed E-state index contributed by atoms with van der Waals surface area (Å²) in [6, 6.07) is 0. The van der Waals surface area contributed by atoms with Gasteiger partial charge in [0.1, 0.15) is 11.0 Å². The SMILES string of the molecule is CC(C)(C)C1(C)OC(=O)C12[C@@H]1CCCC[C@@H]12. The molecule has 1 aliphatic heterocycles. The van der Waals surface area contributed by atoms with Gasteiger partial charge in [0, 0.05) is 5.41 Å². The van der Waals surface area contributed by atoms with Crippen LogP contribution in [0.2, 0.25) is 0 Å². The van der Waals surface area contributed by atoms with E-state index in [0.29, 0.717) is 11.8 Å². The highest BCUT2D eigenvalue weighted by Gasteiger charge is 2.86. The molecule has 2 nitrogen and oxygen atoms in total. The molecule has 1 spiro atoms. The van der Waals surface area contributed by atoms with Crippen molar-refractivity contribution in [2.24, 2.45) is 22.7 Å². The first-order valence-electron chi connectivity index (χ1n) is 6.59. The zero-order valence-corrected chi connectivity index (χ0v) is 10.8. The number of carbonyl (C=O) groups excluding carboxylic acids is 1.